The van der Waals surface area contributed by atoms with E-state index < -0.39 is 0 Å². The second-order valence-electron chi connectivity index (χ2n) is 5.67. The summed E-state index contributed by atoms with van der Waals surface area (Å²) in [5, 5.41) is 7.00. The van der Waals surface area contributed by atoms with Crippen LogP contribution < -0.4 is 5.32 Å². The molecule has 5 heteroatoms. The second kappa shape index (κ2) is 6.92. The predicted octanol–water partition coefficient (Wildman–Crippen LogP) is 3.73. The van der Waals surface area contributed by atoms with Gasteiger partial charge >= 0.3 is 0 Å². The van der Waals surface area contributed by atoms with Crippen molar-refractivity contribution in [3.8, 4) is 11.5 Å². The molecule has 0 aliphatic heterocycles. The fraction of sp³-hybridized carbons (Fsp3) is 0.412. The van der Waals surface area contributed by atoms with Crippen molar-refractivity contribution >= 4 is 17.2 Å². The Bertz CT molecular complexity index is 658. The van der Waals surface area contributed by atoms with Gasteiger partial charge < -0.3 is 9.73 Å². The lowest BCUT2D eigenvalue weighted by Gasteiger charge is -2.17. The highest BCUT2D eigenvalue weighted by atomic mass is 32.1. The number of carbonyl (C=O) groups excluding carboxylic acids is 1. The molecule has 1 aliphatic carbocycles. The van der Waals surface area contributed by atoms with Crippen molar-refractivity contribution in [2.45, 2.75) is 32.6 Å². The molecule has 2 aromatic heterocycles. The molecule has 2 heterocycles. The van der Waals surface area contributed by atoms with Gasteiger partial charge in [0.15, 0.2) is 0 Å². The molecule has 0 spiro atoms. The van der Waals surface area contributed by atoms with E-state index in [1.54, 1.807) is 11.3 Å². The molecule has 116 valence electrons. The molecule has 0 fully saturated rings. The van der Waals surface area contributed by atoms with E-state index in [1.165, 1.54) is 0 Å². The van der Waals surface area contributed by atoms with Crippen molar-refractivity contribution in [1.82, 2.24) is 10.3 Å². The largest absolute Gasteiger partial charge is 0.441 e. The van der Waals surface area contributed by atoms with Gasteiger partial charge in [-0.1, -0.05) is 12.2 Å². The van der Waals surface area contributed by atoms with Crippen molar-refractivity contribution < 1.29 is 9.21 Å². The van der Waals surface area contributed by atoms with Gasteiger partial charge in [0.25, 0.3) is 0 Å². The van der Waals surface area contributed by atoms with Gasteiger partial charge in [0.2, 0.25) is 11.8 Å². The SMILES string of the molecule is Cc1oc(-c2ccsc2)nc1CC(=O)NC[C@H]1CC=CCC1. The van der Waals surface area contributed by atoms with E-state index in [2.05, 4.69) is 22.5 Å². The van der Waals surface area contributed by atoms with Crippen LogP contribution in [0.2, 0.25) is 0 Å². The molecule has 2 aromatic rings. The van der Waals surface area contributed by atoms with Gasteiger partial charge in [0.1, 0.15) is 5.76 Å². The number of carbonyl (C=O) groups is 1. The minimum Gasteiger partial charge on any atom is -0.441 e. The first-order chi connectivity index (χ1) is 10.7. The summed E-state index contributed by atoms with van der Waals surface area (Å²) in [7, 11) is 0. The molecule has 1 amide bonds. The fourth-order valence-corrected chi connectivity index (χ4v) is 3.25. The van der Waals surface area contributed by atoms with Gasteiger partial charge in [0.05, 0.1) is 12.1 Å². The third-order valence-electron chi connectivity index (χ3n) is 3.95. The number of rotatable bonds is 5. The quantitative estimate of drug-likeness (QED) is 0.855. The highest BCUT2D eigenvalue weighted by Gasteiger charge is 2.16. The molecule has 4 nitrogen and oxygen atoms in total. The molecule has 0 saturated carbocycles. The number of hydrogen-bond acceptors (Lipinski definition) is 4. The first-order valence-corrected chi connectivity index (χ1v) is 8.57. The van der Waals surface area contributed by atoms with Crippen molar-refractivity contribution in [2.75, 3.05) is 6.54 Å². The molecule has 1 aliphatic rings. The van der Waals surface area contributed by atoms with E-state index in [0.29, 0.717) is 11.8 Å². The first-order valence-electron chi connectivity index (χ1n) is 7.63. The number of nitrogens with zero attached hydrogens (tertiary/aromatic N) is 1. The van der Waals surface area contributed by atoms with E-state index >= 15 is 0 Å². The zero-order valence-electron chi connectivity index (χ0n) is 12.7. The van der Waals surface area contributed by atoms with Crippen LogP contribution in [0.25, 0.3) is 11.5 Å². The summed E-state index contributed by atoms with van der Waals surface area (Å²) in [5.41, 5.74) is 1.69. The standard InChI is InChI=1S/C17H20N2O2S/c1-12-15(19-17(21-12)14-7-8-22-11-14)9-16(20)18-10-13-5-3-2-4-6-13/h2-3,7-8,11,13H,4-6,9-10H2,1H3,(H,18,20)/t13-/m0/s1. The van der Waals surface area contributed by atoms with Crippen LogP contribution in [0.5, 0.6) is 0 Å². The Morgan fingerprint density at radius 1 is 1.50 bits per heavy atom. The minimum absolute atomic E-state index is 0.0165. The summed E-state index contributed by atoms with van der Waals surface area (Å²) >= 11 is 1.60. The van der Waals surface area contributed by atoms with E-state index in [4.69, 9.17) is 4.42 Å². The lowest BCUT2D eigenvalue weighted by atomic mass is 9.94. The van der Waals surface area contributed by atoms with Gasteiger partial charge in [0, 0.05) is 17.5 Å². The molecule has 0 bridgehead atoms. The molecule has 0 radical (unpaired) electrons. The molecular weight excluding hydrogens is 296 g/mol. The number of allylic oxidation sites excluding steroid dienone is 2. The fourth-order valence-electron chi connectivity index (χ4n) is 2.62. The molecule has 3 rings (SSSR count). The highest BCUT2D eigenvalue weighted by molar-refractivity contribution is 7.08. The van der Waals surface area contributed by atoms with Crippen LogP contribution >= 0.6 is 11.3 Å². The van der Waals surface area contributed by atoms with Crippen LogP contribution in [0, 0.1) is 12.8 Å². The normalized spacial score (nSPS) is 17.6. The van der Waals surface area contributed by atoms with Crippen molar-refractivity contribution in [1.29, 1.82) is 0 Å². The van der Waals surface area contributed by atoms with Crippen molar-refractivity contribution in [3.63, 3.8) is 0 Å². The maximum absolute atomic E-state index is 12.1. The molecule has 1 atom stereocenters. The van der Waals surface area contributed by atoms with Crippen LogP contribution in [0.4, 0.5) is 0 Å². The summed E-state index contributed by atoms with van der Waals surface area (Å²) in [5.74, 6) is 1.90. The predicted molar refractivity (Wildman–Crippen MR) is 87.7 cm³/mol. The molecule has 1 N–H and O–H groups in total. The van der Waals surface area contributed by atoms with Gasteiger partial charge in [-0.15, -0.1) is 0 Å². The van der Waals surface area contributed by atoms with Crippen LogP contribution in [-0.2, 0) is 11.2 Å². The molecule has 22 heavy (non-hydrogen) atoms. The highest BCUT2D eigenvalue weighted by Crippen LogP contribution is 2.24. The van der Waals surface area contributed by atoms with E-state index in [0.717, 1.165) is 42.8 Å². The molecule has 0 saturated heterocycles. The minimum atomic E-state index is 0.0165. The number of hydrogen-bond donors (Lipinski definition) is 1. The summed E-state index contributed by atoms with van der Waals surface area (Å²) in [6.07, 6.45) is 8.03. The van der Waals surface area contributed by atoms with E-state index in [9.17, 15) is 4.79 Å². The summed E-state index contributed by atoms with van der Waals surface area (Å²) in [6, 6.07) is 1.97. The Kier molecular flexibility index (Phi) is 4.73. The number of thiophene rings is 1. The van der Waals surface area contributed by atoms with Crippen LogP contribution in [-0.4, -0.2) is 17.4 Å². The van der Waals surface area contributed by atoms with Gasteiger partial charge in [-0.3, -0.25) is 4.79 Å². The maximum atomic E-state index is 12.1. The van der Waals surface area contributed by atoms with Gasteiger partial charge in [-0.25, -0.2) is 4.98 Å². The first kappa shape index (κ1) is 15.0. The van der Waals surface area contributed by atoms with Crippen molar-refractivity contribution in [3.05, 3.63) is 40.4 Å². The summed E-state index contributed by atoms with van der Waals surface area (Å²) < 4.78 is 5.66. The second-order valence-corrected chi connectivity index (χ2v) is 6.45. The number of aromatic nitrogens is 1. The zero-order valence-corrected chi connectivity index (χ0v) is 13.5. The summed E-state index contributed by atoms with van der Waals surface area (Å²) in [4.78, 5) is 16.5. The van der Waals surface area contributed by atoms with Crippen LogP contribution in [0.3, 0.4) is 0 Å². The van der Waals surface area contributed by atoms with E-state index in [1.807, 2.05) is 23.8 Å². The summed E-state index contributed by atoms with van der Waals surface area (Å²) in [6.45, 7) is 2.61. The Labute approximate surface area is 134 Å². The Hall–Kier alpha value is -1.88. The monoisotopic (exact) mass is 316 g/mol. The number of nitrogens with one attached hydrogen (secondary N) is 1. The lowest BCUT2D eigenvalue weighted by molar-refractivity contribution is -0.120. The smallest absolute Gasteiger partial charge is 0.227 e. The third-order valence-corrected chi connectivity index (χ3v) is 4.64. The number of amides is 1. The van der Waals surface area contributed by atoms with Gasteiger partial charge in [-0.2, -0.15) is 11.3 Å². The number of oxazole rings is 1. The zero-order chi connectivity index (χ0) is 15.4. The third kappa shape index (κ3) is 3.65. The Morgan fingerprint density at radius 3 is 3.14 bits per heavy atom. The van der Waals surface area contributed by atoms with E-state index in [-0.39, 0.29) is 12.3 Å². The van der Waals surface area contributed by atoms with Crippen LogP contribution in [0.1, 0.15) is 30.7 Å². The Balaban J connectivity index is 1.56. The lowest BCUT2D eigenvalue weighted by Crippen LogP contribution is -2.31. The Morgan fingerprint density at radius 2 is 2.41 bits per heavy atom. The molecule has 0 aromatic carbocycles. The average Bonchev–Trinajstić information content (AvgIpc) is 3.17. The average molecular weight is 316 g/mol. The molecular formula is C17H20N2O2S. The van der Waals surface area contributed by atoms with Crippen molar-refractivity contribution in [2.24, 2.45) is 5.92 Å². The van der Waals surface area contributed by atoms with Crippen LogP contribution in [0.15, 0.2) is 33.4 Å². The maximum Gasteiger partial charge on any atom is 0.227 e. The number of aryl methyl sites for hydroxylation is 1. The topological polar surface area (TPSA) is 55.1 Å². The van der Waals surface area contributed by atoms with Gasteiger partial charge in [-0.05, 0) is 43.6 Å². The molecule has 0 unspecified atom stereocenters.